The molecule has 1 saturated heterocycles. The molecular weight excluding hydrogens is 458 g/mol. The van der Waals surface area contributed by atoms with E-state index in [0.717, 1.165) is 33.4 Å². The minimum Gasteiger partial charge on any atom is -0.459 e. The number of esters is 1. The first-order valence-electron chi connectivity index (χ1n) is 12.7. The molecule has 0 bridgehead atoms. The first kappa shape index (κ1) is 23.2. The van der Waals surface area contributed by atoms with Gasteiger partial charge in [0.15, 0.2) is 0 Å². The van der Waals surface area contributed by atoms with Gasteiger partial charge in [-0.2, -0.15) is 0 Å². The highest BCUT2D eigenvalue weighted by Gasteiger charge is 2.61. The molecule has 1 fully saturated rings. The molecule has 4 aromatic rings. The van der Waals surface area contributed by atoms with Crippen LogP contribution >= 0.6 is 0 Å². The maximum Gasteiger partial charge on any atom is 0.329 e. The maximum absolute atomic E-state index is 14.3. The van der Waals surface area contributed by atoms with E-state index in [4.69, 9.17) is 4.74 Å². The van der Waals surface area contributed by atoms with Gasteiger partial charge in [0.2, 0.25) is 5.91 Å². The molecule has 0 saturated carbocycles. The number of carbonyl (C=O) groups is 2. The average Bonchev–Trinajstić information content (AvgIpc) is 3.36. The Morgan fingerprint density at radius 3 is 1.89 bits per heavy atom. The number of likely N-dealkylation sites (tertiary alicyclic amines) is 1. The molecule has 0 spiro atoms. The lowest BCUT2D eigenvalue weighted by Crippen LogP contribution is -2.54. The summed E-state index contributed by atoms with van der Waals surface area (Å²) in [6.45, 7) is 4.03. The van der Waals surface area contributed by atoms with Crippen LogP contribution in [0.25, 0.3) is 11.1 Å². The van der Waals surface area contributed by atoms with Crippen LogP contribution in [0.3, 0.4) is 0 Å². The van der Waals surface area contributed by atoms with E-state index in [1.54, 1.807) is 0 Å². The quantitative estimate of drug-likeness (QED) is 0.309. The van der Waals surface area contributed by atoms with Gasteiger partial charge in [0.05, 0.1) is 0 Å². The van der Waals surface area contributed by atoms with Gasteiger partial charge in [0.1, 0.15) is 18.2 Å². The van der Waals surface area contributed by atoms with E-state index >= 15 is 0 Å². The van der Waals surface area contributed by atoms with Crippen LogP contribution in [0.1, 0.15) is 42.5 Å². The van der Waals surface area contributed by atoms with E-state index < -0.39 is 17.0 Å². The molecule has 4 aromatic carbocycles. The molecule has 0 aromatic heterocycles. The summed E-state index contributed by atoms with van der Waals surface area (Å²) in [6.07, 6.45) is 0.387. The van der Waals surface area contributed by atoms with Crippen LogP contribution in [0.5, 0.6) is 0 Å². The van der Waals surface area contributed by atoms with E-state index in [1.807, 2.05) is 91.5 Å². The van der Waals surface area contributed by atoms with Crippen molar-refractivity contribution < 1.29 is 14.3 Å². The third kappa shape index (κ3) is 3.51. The van der Waals surface area contributed by atoms with Crippen LogP contribution in [0.15, 0.2) is 109 Å². The highest BCUT2D eigenvalue weighted by atomic mass is 16.5. The fourth-order valence-electron chi connectivity index (χ4n) is 6.13. The van der Waals surface area contributed by atoms with Crippen molar-refractivity contribution >= 4 is 11.9 Å². The van der Waals surface area contributed by atoms with E-state index in [1.165, 1.54) is 0 Å². The predicted molar refractivity (Wildman–Crippen MR) is 143 cm³/mol. The second-order valence-electron chi connectivity index (χ2n) is 10.5. The van der Waals surface area contributed by atoms with Crippen molar-refractivity contribution in [2.24, 2.45) is 5.41 Å². The van der Waals surface area contributed by atoms with Gasteiger partial charge in [-0.25, -0.2) is 4.79 Å². The lowest BCUT2D eigenvalue weighted by molar-refractivity contribution is -0.156. The summed E-state index contributed by atoms with van der Waals surface area (Å²) >= 11 is 0. The molecule has 0 N–H and O–H groups in total. The third-order valence-electron chi connectivity index (χ3n) is 7.79. The normalized spacial score (nSPS) is 18.8. The standard InChI is InChI=1S/C33H29NO3/c1-32(2)21-29(30(35)37-22-23-13-5-3-6-14-23)34(31(32)36)33(24-15-7-4-8-16-24)27-19-11-9-17-25(27)26-18-10-12-20-28(26)33/h3-20,29H,21-22H2,1-2H3/t29-/m0/s1. The van der Waals surface area contributed by atoms with Crippen LogP contribution in [0.2, 0.25) is 0 Å². The van der Waals surface area contributed by atoms with E-state index in [-0.39, 0.29) is 18.5 Å². The zero-order chi connectivity index (χ0) is 25.6. The molecule has 2 aliphatic rings. The molecular formula is C33H29NO3. The molecule has 1 atom stereocenters. The summed E-state index contributed by atoms with van der Waals surface area (Å²) in [5.74, 6) is -0.426. The summed E-state index contributed by atoms with van der Waals surface area (Å²) < 4.78 is 5.87. The van der Waals surface area contributed by atoms with Crippen molar-refractivity contribution in [2.75, 3.05) is 0 Å². The van der Waals surface area contributed by atoms with Crippen LogP contribution < -0.4 is 0 Å². The van der Waals surface area contributed by atoms with Crippen molar-refractivity contribution in [1.29, 1.82) is 0 Å². The number of nitrogens with zero attached hydrogens (tertiary/aromatic N) is 1. The molecule has 1 aliphatic heterocycles. The lowest BCUT2D eigenvalue weighted by atomic mass is 9.78. The summed E-state index contributed by atoms with van der Waals surface area (Å²) in [4.78, 5) is 30.0. The number of fused-ring (bicyclic) bond motifs is 3. The second-order valence-corrected chi connectivity index (χ2v) is 10.5. The Morgan fingerprint density at radius 1 is 0.784 bits per heavy atom. The van der Waals surface area contributed by atoms with E-state index in [2.05, 4.69) is 36.4 Å². The first-order chi connectivity index (χ1) is 17.9. The van der Waals surface area contributed by atoms with Crippen molar-refractivity contribution in [3.05, 3.63) is 131 Å². The van der Waals surface area contributed by atoms with Crippen LogP contribution in [0, 0.1) is 5.41 Å². The van der Waals surface area contributed by atoms with Gasteiger partial charge >= 0.3 is 5.97 Å². The summed E-state index contributed by atoms with van der Waals surface area (Å²) in [7, 11) is 0. The molecule has 4 nitrogen and oxygen atoms in total. The number of ether oxygens (including phenoxy) is 1. The van der Waals surface area contributed by atoms with Crippen molar-refractivity contribution in [1.82, 2.24) is 4.90 Å². The van der Waals surface area contributed by atoms with Gasteiger partial charge in [-0.15, -0.1) is 0 Å². The number of carbonyl (C=O) groups excluding carboxylic acids is 2. The maximum atomic E-state index is 14.3. The van der Waals surface area contributed by atoms with E-state index in [0.29, 0.717) is 6.42 Å². The van der Waals surface area contributed by atoms with Crippen LogP contribution in [0.4, 0.5) is 0 Å². The van der Waals surface area contributed by atoms with Gasteiger partial charge in [-0.05, 0) is 39.8 Å². The van der Waals surface area contributed by atoms with Crippen molar-refractivity contribution in [3.63, 3.8) is 0 Å². The minimum absolute atomic E-state index is 0.0514. The average molecular weight is 488 g/mol. The number of rotatable bonds is 5. The zero-order valence-electron chi connectivity index (χ0n) is 21.1. The Morgan fingerprint density at radius 2 is 1.30 bits per heavy atom. The first-order valence-corrected chi connectivity index (χ1v) is 12.7. The minimum atomic E-state index is -0.949. The van der Waals surface area contributed by atoms with Gasteiger partial charge < -0.3 is 9.64 Å². The highest BCUT2D eigenvalue weighted by molar-refractivity contribution is 5.96. The molecule has 6 rings (SSSR count). The van der Waals surface area contributed by atoms with E-state index in [9.17, 15) is 9.59 Å². The molecule has 0 radical (unpaired) electrons. The molecule has 1 amide bonds. The second kappa shape index (κ2) is 8.74. The largest absolute Gasteiger partial charge is 0.459 e. The fourth-order valence-corrected chi connectivity index (χ4v) is 6.13. The lowest BCUT2D eigenvalue weighted by Gasteiger charge is -2.44. The topological polar surface area (TPSA) is 46.6 Å². The Labute approximate surface area is 217 Å². The molecule has 4 heteroatoms. The number of hydrogen-bond donors (Lipinski definition) is 0. The highest BCUT2D eigenvalue weighted by Crippen LogP contribution is 2.57. The van der Waals surface area contributed by atoms with Gasteiger partial charge in [-0.1, -0.05) is 123 Å². The Bertz CT molecular complexity index is 1430. The number of amides is 1. The van der Waals surface area contributed by atoms with Crippen molar-refractivity contribution in [2.45, 2.75) is 38.5 Å². The Balaban J connectivity index is 1.55. The number of hydrogen-bond acceptors (Lipinski definition) is 3. The smallest absolute Gasteiger partial charge is 0.329 e. The van der Waals surface area contributed by atoms with Gasteiger partial charge in [0, 0.05) is 5.41 Å². The van der Waals surface area contributed by atoms with Gasteiger partial charge in [0.25, 0.3) is 0 Å². The van der Waals surface area contributed by atoms with Crippen LogP contribution in [-0.2, 0) is 26.5 Å². The molecule has 37 heavy (non-hydrogen) atoms. The zero-order valence-corrected chi connectivity index (χ0v) is 21.1. The Kier molecular flexibility index (Phi) is 5.49. The fraction of sp³-hybridized carbons (Fsp3) is 0.212. The van der Waals surface area contributed by atoms with Gasteiger partial charge in [-0.3, -0.25) is 4.79 Å². The molecule has 1 heterocycles. The SMILES string of the molecule is CC1(C)C[C@@H](C(=O)OCc2ccccc2)N(C2(c3ccccc3)c3ccccc3-c3ccccc32)C1=O. The molecule has 184 valence electrons. The molecule has 0 unspecified atom stereocenters. The summed E-state index contributed by atoms with van der Waals surface area (Å²) in [5.41, 5.74) is 4.38. The number of benzene rings is 4. The molecule has 1 aliphatic carbocycles. The monoisotopic (exact) mass is 487 g/mol. The summed E-state index contributed by atoms with van der Waals surface area (Å²) in [6, 6.07) is 35.5. The van der Waals surface area contributed by atoms with Crippen LogP contribution in [-0.4, -0.2) is 22.8 Å². The third-order valence-corrected chi connectivity index (χ3v) is 7.79. The Hall–Kier alpha value is -4.18. The summed E-state index contributed by atoms with van der Waals surface area (Å²) in [5, 5.41) is 0. The van der Waals surface area contributed by atoms with Crippen molar-refractivity contribution in [3.8, 4) is 11.1 Å². The predicted octanol–water partition coefficient (Wildman–Crippen LogP) is 6.33.